The normalized spacial score (nSPS) is 27.7. The second kappa shape index (κ2) is 5.30. The molecule has 2 aliphatic heterocycles. The second-order valence-electron chi connectivity index (χ2n) is 5.61. The highest BCUT2D eigenvalue weighted by atomic mass is 32.2. The summed E-state index contributed by atoms with van der Waals surface area (Å²) in [7, 11) is 0. The molecule has 0 spiro atoms. The van der Waals surface area contributed by atoms with Gasteiger partial charge < -0.3 is 14.7 Å². The van der Waals surface area contributed by atoms with E-state index >= 15 is 0 Å². The molecule has 108 valence electrons. The van der Waals surface area contributed by atoms with E-state index in [1.807, 2.05) is 35.4 Å². The first-order valence-electron chi connectivity index (χ1n) is 6.79. The summed E-state index contributed by atoms with van der Waals surface area (Å²) in [6.45, 7) is 1.80. The number of carbonyl (C=O) groups is 1. The first-order valence-corrected chi connectivity index (χ1v) is 8.19. The highest BCUT2D eigenvalue weighted by molar-refractivity contribution is 7.99. The summed E-state index contributed by atoms with van der Waals surface area (Å²) in [4.78, 5) is 14.0. The molecule has 2 atom stereocenters. The third-order valence-corrected chi connectivity index (χ3v) is 4.93. The van der Waals surface area contributed by atoms with Crippen LogP contribution in [0.25, 0.3) is 0 Å². The number of hydrogen-bond donors (Lipinski definition) is 1. The van der Waals surface area contributed by atoms with Gasteiger partial charge in [0.05, 0.1) is 24.4 Å². The topological polar surface area (TPSA) is 49.8 Å². The molecule has 2 aliphatic rings. The molecule has 1 amide bonds. The first kappa shape index (κ1) is 13.8. The highest BCUT2D eigenvalue weighted by Crippen LogP contribution is 2.49. The zero-order valence-electron chi connectivity index (χ0n) is 11.5. The fraction of sp³-hybridized carbons (Fsp3) is 0.533. The molecule has 1 saturated heterocycles. The Kier molecular flexibility index (Phi) is 3.65. The highest BCUT2D eigenvalue weighted by Gasteiger charge is 2.51. The van der Waals surface area contributed by atoms with Crippen LogP contribution >= 0.6 is 11.8 Å². The van der Waals surface area contributed by atoms with E-state index < -0.39 is 0 Å². The number of aliphatic hydroxyl groups is 1. The smallest absolute Gasteiger partial charge is 0.232 e. The van der Waals surface area contributed by atoms with Gasteiger partial charge in [-0.25, -0.2) is 0 Å². The van der Waals surface area contributed by atoms with Crippen molar-refractivity contribution in [2.75, 3.05) is 38.3 Å². The van der Waals surface area contributed by atoms with Gasteiger partial charge in [-0.3, -0.25) is 4.79 Å². The number of ether oxygens (including phenoxy) is 1. The van der Waals surface area contributed by atoms with E-state index in [0.29, 0.717) is 25.4 Å². The monoisotopic (exact) mass is 293 g/mol. The van der Waals surface area contributed by atoms with E-state index in [2.05, 4.69) is 0 Å². The van der Waals surface area contributed by atoms with Gasteiger partial charge in [-0.2, -0.15) is 11.8 Å². The predicted molar refractivity (Wildman–Crippen MR) is 79.2 cm³/mol. The molecule has 4 nitrogen and oxygen atoms in total. The number of fused-ring (bicyclic) bond motifs is 3. The molecule has 2 unspecified atom stereocenters. The van der Waals surface area contributed by atoms with Gasteiger partial charge >= 0.3 is 0 Å². The number of nitrogens with zero attached hydrogens (tertiary/aromatic N) is 1. The molecule has 0 saturated carbocycles. The van der Waals surface area contributed by atoms with Crippen molar-refractivity contribution in [3.8, 4) is 5.75 Å². The van der Waals surface area contributed by atoms with Crippen molar-refractivity contribution in [1.29, 1.82) is 0 Å². The minimum Gasteiger partial charge on any atom is -0.493 e. The summed E-state index contributed by atoms with van der Waals surface area (Å²) in [5.41, 5.74) is 0.773. The molecular weight excluding hydrogens is 274 g/mol. The maximum Gasteiger partial charge on any atom is 0.232 e. The average molecular weight is 293 g/mol. The van der Waals surface area contributed by atoms with E-state index in [4.69, 9.17) is 4.74 Å². The lowest BCUT2D eigenvalue weighted by molar-refractivity contribution is -0.127. The van der Waals surface area contributed by atoms with Crippen molar-refractivity contribution in [2.45, 2.75) is 5.92 Å². The number of para-hydroxylation sites is 1. The Morgan fingerprint density at radius 2 is 2.35 bits per heavy atom. The van der Waals surface area contributed by atoms with E-state index in [1.54, 1.807) is 0 Å². The molecule has 1 aromatic carbocycles. The van der Waals surface area contributed by atoms with Gasteiger partial charge in [0, 0.05) is 19.0 Å². The van der Waals surface area contributed by atoms with Gasteiger partial charge in [-0.15, -0.1) is 0 Å². The number of hydrogen-bond acceptors (Lipinski definition) is 4. The molecule has 1 fully saturated rings. The van der Waals surface area contributed by atoms with Crippen LogP contribution in [-0.2, 0) is 4.79 Å². The molecule has 1 N–H and O–H groups in total. The van der Waals surface area contributed by atoms with Crippen molar-refractivity contribution in [2.24, 2.45) is 5.41 Å². The molecule has 20 heavy (non-hydrogen) atoms. The summed E-state index contributed by atoms with van der Waals surface area (Å²) >= 11 is 1.54. The fourth-order valence-electron chi connectivity index (χ4n) is 3.28. The van der Waals surface area contributed by atoms with E-state index in [-0.39, 0.29) is 23.8 Å². The number of carbonyl (C=O) groups excluding carboxylic acids is 1. The molecular formula is C15H19NO3S. The van der Waals surface area contributed by atoms with Gasteiger partial charge in [-0.05, 0) is 17.9 Å². The molecule has 1 aromatic rings. The fourth-order valence-corrected chi connectivity index (χ4v) is 3.70. The minimum absolute atomic E-state index is 0.0506. The molecule has 0 aliphatic carbocycles. The Labute approximate surface area is 123 Å². The summed E-state index contributed by atoms with van der Waals surface area (Å²) in [5, 5.41) is 9.88. The molecule has 0 bridgehead atoms. The Balaban J connectivity index is 1.91. The number of amides is 1. The largest absolute Gasteiger partial charge is 0.493 e. The van der Waals surface area contributed by atoms with Crippen LogP contribution in [0, 0.1) is 5.41 Å². The van der Waals surface area contributed by atoms with E-state index in [1.165, 1.54) is 11.8 Å². The van der Waals surface area contributed by atoms with Gasteiger partial charge in [0.1, 0.15) is 5.75 Å². The van der Waals surface area contributed by atoms with Gasteiger partial charge in [-0.1, -0.05) is 18.2 Å². The van der Waals surface area contributed by atoms with Crippen molar-refractivity contribution >= 4 is 17.7 Å². The minimum atomic E-state index is -0.345. The summed E-state index contributed by atoms with van der Waals surface area (Å²) < 4.78 is 5.82. The maximum atomic E-state index is 12.1. The number of rotatable bonds is 3. The standard InChI is InChI=1S/C15H19NO3S/c1-20-7-14(18)16-6-12-11-4-2-3-5-13(11)19-10-15(12,8-16)9-17/h2-5,12,17H,6-10H2,1H3. The predicted octanol–water partition coefficient (Wildman–Crippen LogP) is 1.35. The Morgan fingerprint density at radius 1 is 1.55 bits per heavy atom. The number of likely N-dealkylation sites (tertiary alicyclic amines) is 1. The summed E-state index contributed by atoms with van der Waals surface area (Å²) in [6, 6.07) is 7.95. The van der Waals surface area contributed by atoms with Crippen molar-refractivity contribution in [1.82, 2.24) is 4.90 Å². The summed E-state index contributed by atoms with van der Waals surface area (Å²) in [5.74, 6) is 1.71. The molecule has 0 radical (unpaired) electrons. The Bertz CT molecular complexity index is 522. The van der Waals surface area contributed by atoms with Crippen LogP contribution in [0.5, 0.6) is 5.75 Å². The van der Waals surface area contributed by atoms with Crippen LogP contribution in [0.15, 0.2) is 24.3 Å². The number of thioether (sulfide) groups is 1. The van der Waals surface area contributed by atoms with Crippen molar-refractivity contribution in [3.05, 3.63) is 29.8 Å². The first-order chi connectivity index (χ1) is 9.70. The lowest BCUT2D eigenvalue weighted by Gasteiger charge is -2.37. The maximum absolute atomic E-state index is 12.1. The summed E-state index contributed by atoms with van der Waals surface area (Å²) in [6.07, 6.45) is 1.93. The molecule has 5 heteroatoms. The lowest BCUT2D eigenvalue weighted by atomic mass is 9.74. The zero-order valence-corrected chi connectivity index (χ0v) is 12.4. The number of aliphatic hydroxyl groups excluding tert-OH is 1. The number of benzene rings is 1. The molecule has 2 heterocycles. The zero-order chi connectivity index (χ0) is 14.2. The average Bonchev–Trinajstić information content (AvgIpc) is 2.88. The van der Waals surface area contributed by atoms with Gasteiger partial charge in [0.15, 0.2) is 0 Å². The van der Waals surface area contributed by atoms with Crippen molar-refractivity contribution < 1.29 is 14.6 Å². The lowest BCUT2D eigenvalue weighted by Crippen LogP contribution is -2.42. The SMILES string of the molecule is CSCC(=O)N1CC2c3ccccc3OCC2(CO)C1. The van der Waals surface area contributed by atoms with Crippen LogP contribution in [-0.4, -0.2) is 54.2 Å². The van der Waals surface area contributed by atoms with Crippen LogP contribution in [0.1, 0.15) is 11.5 Å². The van der Waals surface area contributed by atoms with Gasteiger partial charge in [0.25, 0.3) is 0 Å². The Hall–Kier alpha value is -1.20. The van der Waals surface area contributed by atoms with Crippen LogP contribution in [0.3, 0.4) is 0 Å². The third-order valence-electron chi connectivity index (χ3n) is 4.39. The molecule has 3 rings (SSSR count). The van der Waals surface area contributed by atoms with Crippen LogP contribution in [0.2, 0.25) is 0 Å². The van der Waals surface area contributed by atoms with Crippen LogP contribution in [0.4, 0.5) is 0 Å². The van der Waals surface area contributed by atoms with E-state index in [9.17, 15) is 9.90 Å². The van der Waals surface area contributed by atoms with Gasteiger partial charge in [0.2, 0.25) is 5.91 Å². The van der Waals surface area contributed by atoms with E-state index in [0.717, 1.165) is 11.3 Å². The third kappa shape index (κ3) is 2.09. The quantitative estimate of drug-likeness (QED) is 0.914. The van der Waals surface area contributed by atoms with Crippen molar-refractivity contribution in [3.63, 3.8) is 0 Å². The van der Waals surface area contributed by atoms with Crippen LogP contribution < -0.4 is 4.74 Å². The second-order valence-corrected chi connectivity index (χ2v) is 6.47. The molecule has 0 aromatic heterocycles. The Morgan fingerprint density at radius 3 is 3.10 bits per heavy atom.